The summed E-state index contributed by atoms with van der Waals surface area (Å²) >= 11 is 0. The van der Waals surface area contributed by atoms with Gasteiger partial charge in [0.25, 0.3) is 0 Å². The summed E-state index contributed by atoms with van der Waals surface area (Å²) in [4.78, 5) is 2.51. The SMILES string of the molecule is c1ccc(-c2cccc3ccccc23)c(-c2ccccc2N(c2ccc(-c3ccc(-n4c5ccccc5c5ccccc54)cc3)cc2)c2ccc3c(c2)C2(c4ccccc4-3)c3ccccc3-n3c4ccccc4c4cccc2c43)c1. The van der Waals surface area contributed by atoms with E-state index >= 15 is 0 Å². The van der Waals surface area contributed by atoms with E-state index in [2.05, 4.69) is 311 Å². The van der Waals surface area contributed by atoms with Gasteiger partial charge in [-0.05, 0) is 139 Å². The molecule has 0 fully saturated rings. The highest BCUT2D eigenvalue weighted by molar-refractivity contribution is 6.13. The van der Waals surface area contributed by atoms with E-state index in [1.807, 2.05) is 0 Å². The van der Waals surface area contributed by atoms with E-state index in [0.717, 1.165) is 39.4 Å². The monoisotopic (exact) mass is 1020 g/mol. The molecule has 1 aliphatic carbocycles. The number of hydrogen-bond donors (Lipinski definition) is 0. The molecule has 3 heterocycles. The predicted molar refractivity (Wildman–Crippen MR) is 334 cm³/mol. The van der Waals surface area contributed by atoms with Crippen molar-refractivity contribution in [2.75, 3.05) is 4.90 Å². The van der Waals surface area contributed by atoms with Crippen LogP contribution in [-0.2, 0) is 5.41 Å². The van der Waals surface area contributed by atoms with Gasteiger partial charge in [0.1, 0.15) is 0 Å². The largest absolute Gasteiger partial charge is 0.310 e. The fourth-order valence-corrected chi connectivity index (χ4v) is 14.2. The Labute approximate surface area is 463 Å². The fraction of sp³-hybridized carbons (Fsp3) is 0.0130. The Morgan fingerprint density at radius 2 is 0.750 bits per heavy atom. The highest BCUT2D eigenvalue weighted by Crippen LogP contribution is 2.62. The lowest BCUT2D eigenvalue weighted by Gasteiger charge is -2.40. The molecular formula is C77H49N3. The number of para-hydroxylation sites is 6. The molecule has 1 spiro atoms. The molecule has 0 saturated heterocycles. The van der Waals surface area contributed by atoms with E-state index in [1.165, 1.54) is 110 Å². The first-order chi connectivity index (χ1) is 39.7. The molecule has 2 aromatic heterocycles. The first-order valence-electron chi connectivity index (χ1n) is 27.8. The maximum Gasteiger partial charge on any atom is 0.0755 e. The second-order valence-corrected chi connectivity index (χ2v) is 21.5. The summed E-state index contributed by atoms with van der Waals surface area (Å²) < 4.78 is 4.91. The van der Waals surface area contributed by atoms with Crippen molar-refractivity contribution in [1.82, 2.24) is 9.13 Å². The summed E-state index contributed by atoms with van der Waals surface area (Å²) in [6.45, 7) is 0. The Balaban J connectivity index is 0.873. The normalized spacial score (nSPS) is 14.1. The van der Waals surface area contributed by atoms with Gasteiger partial charge in [0.05, 0.1) is 38.9 Å². The minimum Gasteiger partial charge on any atom is -0.310 e. The second kappa shape index (κ2) is 17.3. The number of rotatable bonds is 7. The molecule has 1 atom stereocenters. The summed E-state index contributed by atoms with van der Waals surface area (Å²) in [6, 6.07) is 111. The van der Waals surface area contributed by atoms with E-state index in [-0.39, 0.29) is 0 Å². The summed E-state index contributed by atoms with van der Waals surface area (Å²) in [6.07, 6.45) is 0. The number of benzene rings is 13. The zero-order valence-electron chi connectivity index (χ0n) is 43.6. The standard InChI is InChI=1S/C77H49N3/c1-2-21-56-52(19-1)20-17-29-57(56)58-22-3-4-23-59(58)62-25-6-12-34-71(62)78(53-43-39-50(40-44-53)51-41-45-54(46-42-51)79-72-35-13-7-26-63(72)64-27-8-14-36-73(64)79)55-47-48-61-60-24-5-10-31-67(60)77(70(61)49-55)68-32-11-16-38-75(68)80-74-37-15-9-28-65(74)66-30-18-33-69(77)76(66)80/h1-49H. The Morgan fingerprint density at radius 3 is 1.49 bits per heavy atom. The van der Waals surface area contributed by atoms with Crippen molar-refractivity contribution in [3.05, 3.63) is 320 Å². The van der Waals surface area contributed by atoms with Gasteiger partial charge in [-0.25, -0.2) is 0 Å². The number of aromatic nitrogens is 2. The lowest BCUT2D eigenvalue weighted by molar-refractivity contribution is 0.748. The third-order valence-corrected chi connectivity index (χ3v) is 17.5. The van der Waals surface area contributed by atoms with Gasteiger partial charge in [-0.1, -0.05) is 231 Å². The zero-order valence-corrected chi connectivity index (χ0v) is 43.6. The summed E-state index contributed by atoms with van der Waals surface area (Å²) in [5.41, 5.74) is 24.7. The second-order valence-electron chi connectivity index (χ2n) is 21.5. The number of hydrogen-bond acceptors (Lipinski definition) is 1. The van der Waals surface area contributed by atoms with Crippen molar-refractivity contribution < 1.29 is 0 Å². The third kappa shape index (κ3) is 6.26. The number of nitrogens with zero attached hydrogens (tertiary/aromatic N) is 3. The molecule has 3 nitrogen and oxygen atoms in total. The van der Waals surface area contributed by atoms with E-state index in [0.29, 0.717) is 0 Å². The van der Waals surface area contributed by atoms with E-state index < -0.39 is 5.41 Å². The molecule has 13 aromatic carbocycles. The minimum absolute atomic E-state index is 0.607. The van der Waals surface area contributed by atoms with Crippen LogP contribution in [0.3, 0.4) is 0 Å². The molecule has 0 amide bonds. The van der Waals surface area contributed by atoms with Crippen molar-refractivity contribution >= 4 is 71.4 Å². The third-order valence-electron chi connectivity index (χ3n) is 17.5. The molecule has 3 heteroatoms. The zero-order chi connectivity index (χ0) is 52.5. The molecule has 0 N–H and O–H groups in total. The van der Waals surface area contributed by atoms with Crippen molar-refractivity contribution in [3.8, 4) is 55.9 Å². The summed E-state index contributed by atoms with van der Waals surface area (Å²) in [5, 5.41) is 7.53. The molecule has 15 aromatic rings. The first-order valence-corrected chi connectivity index (χ1v) is 27.8. The van der Waals surface area contributed by atoms with Crippen LogP contribution in [-0.4, -0.2) is 9.13 Å². The molecule has 0 bridgehead atoms. The van der Waals surface area contributed by atoms with Crippen molar-refractivity contribution in [3.63, 3.8) is 0 Å². The van der Waals surface area contributed by atoms with Gasteiger partial charge in [0.2, 0.25) is 0 Å². The Kier molecular flexibility index (Phi) is 9.63. The quantitative estimate of drug-likeness (QED) is 0.155. The molecule has 0 radical (unpaired) electrons. The van der Waals surface area contributed by atoms with Crippen LogP contribution in [0, 0.1) is 0 Å². The average molecular weight is 1020 g/mol. The van der Waals surface area contributed by atoms with Crippen LogP contribution in [0.2, 0.25) is 0 Å². The van der Waals surface area contributed by atoms with Gasteiger partial charge in [0.15, 0.2) is 0 Å². The fourth-order valence-electron chi connectivity index (χ4n) is 14.2. The van der Waals surface area contributed by atoms with Crippen LogP contribution >= 0.6 is 0 Å². The van der Waals surface area contributed by atoms with Crippen LogP contribution in [0.4, 0.5) is 17.1 Å². The van der Waals surface area contributed by atoms with Gasteiger partial charge < -0.3 is 14.0 Å². The predicted octanol–water partition coefficient (Wildman–Crippen LogP) is 20.2. The highest BCUT2D eigenvalue weighted by Gasteiger charge is 2.51. The van der Waals surface area contributed by atoms with Crippen LogP contribution < -0.4 is 4.90 Å². The van der Waals surface area contributed by atoms with Crippen molar-refractivity contribution in [2.24, 2.45) is 0 Å². The molecule has 1 aliphatic heterocycles. The topological polar surface area (TPSA) is 13.1 Å². The van der Waals surface area contributed by atoms with Gasteiger partial charge in [-0.15, -0.1) is 0 Å². The molecule has 17 rings (SSSR count). The lowest BCUT2D eigenvalue weighted by atomic mass is 9.65. The lowest BCUT2D eigenvalue weighted by Crippen LogP contribution is -2.33. The van der Waals surface area contributed by atoms with E-state index in [4.69, 9.17) is 0 Å². The molecular weight excluding hydrogens is 967 g/mol. The maximum atomic E-state index is 2.53. The smallest absolute Gasteiger partial charge is 0.0755 e. The average Bonchev–Trinajstić information content (AvgIpc) is 2.79. The van der Waals surface area contributed by atoms with Gasteiger partial charge >= 0.3 is 0 Å². The van der Waals surface area contributed by atoms with Gasteiger partial charge in [-0.2, -0.15) is 0 Å². The molecule has 0 saturated carbocycles. The first kappa shape index (κ1) is 44.6. The minimum atomic E-state index is -0.607. The van der Waals surface area contributed by atoms with Crippen LogP contribution in [0.25, 0.3) is 110 Å². The van der Waals surface area contributed by atoms with Crippen LogP contribution in [0.1, 0.15) is 22.3 Å². The van der Waals surface area contributed by atoms with E-state index in [1.54, 1.807) is 0 Å². The molecule has 2 aliphatic rings. The highest BCUT2D eigenvalue weighted by atomic mass is 15.1. The van der Waals surface area contributed by atoms with E-state index in [9.17, 15) is 0 Å². The Bertz CT molecular complexity index is 4960. The summed E-state index contributed by atoms with van der Waals surface area (Å²) in [5.74, 6) is 0. The maximum absolute atomic E-state index is 2.53. The molecule has 1 unspecified atom stereocenters. The summed E-state index contributed by atoms with van der Waals surface area (Å²) in [7, 11) is 0. The van der Waals surface area contributed by atoms with Gasteiger partial charge in [0, 0.05) is 44.2 Å². The number of fused-ring (bicyclic) bond motifs is 16. The van der Waals surface area contributed by atoms with Crippen LogP contribution in [0.15, 0.2) is 297 Å². The molecule has 80 heavy (non-hydrogen) atoms. The van der Waals surface area contributed by atoms with Crippen molar-refractivity contribution in [2.45, 2.75) is 5.41 Å². The Morgan fingerprint density at radius 1 is 0.275 bits per heavy atom. The molecule has 372 valence electrons. The Hall–Kier alpha value is -10.5. The van der Waals surface area contributed by atoms with Crippen LogP contribution in [0.5, 0.6) is 0 Å². The number of anilines is 3. The van der Waals surface area contributed by atoms with Crippen molar-refractivity contribution in [1.29, 1.82) is 0 Å². The van der Waals surface area contributed by atoms with Gasteiger partial charge in [-0.3, -0.25) is 0 Å².